The van der Waals surface area contributed by atoms with E-state index >= 15 is 0 Å². The average Bonchev–Trinajstić information content (AvgIpc) is 2.67. The molecular formula is C21H27F3N2S. The van der Waals surface area contributed by atoms with Gasteiger partial charge in [-0.05, 0) is 69.3 Å². The zero-order valence-electron chi connectivity index (χ0n) is 15.6. The van der Waals surface area contributed by atoms with Crippen molar-refractivity contribution >= 4 is 22.7 Å². The molecule has 0 amide bonds. The number of halogens is 3. The number of unbranched alkanes of at least 4 members (excludes halogenated alkanes) is 3. The average molecular weight is 397 g/mol. The summed E-state index contributed by atoms with van der Waals surface area (Å²) in [6.07, 6.45) is 6.22. The smallest absolute Gasteiger partial charge is 0.303 e. The van der Waals surface area contributed by atoms with Crippen LogP contribution in [0.15, 0.2) is 35.4 Å². The number of hydrogen-bond acceptors (Lipinski definition) is 3. The fraction of sp³-hybridized carbons (Fsp3) is 0.571. The molecule has 0 radical (unpaired) electrons. The molecule has 0 spiro atoms. The second-order valence-corrected chi connectivity index (χ2v) is 8.34. The molecule has 0 bridgehead atoms. The Balaban J connectivity index is 1.42. The standard InChI is InChI=1S/C21H27F3N2S/c22-21(23,24)17-8-9-18-19(16-17)25-11-10-20(18)27-15-7-2-1-4-12-26-13-5-3-6-14-26/h8-11,16H,1-7,12-15H2. The molecule has 0 N–H and O–H groups in total. The van der Waals surface area contributed by atoms with E-state index in [9.17, 15) is 13.2 Å². The molecule has 2 nitrogen and oxygen atoms in total. The minimum atomic E-state index is -4.33. The molecule has 0 unspecified atom stereocenters. The Morgan fingerprint density at radius 3 is 2.52 bits per heavy atom. The highest BCUT2D eigenvalue weighted by molar-refractivity contribution is 7.99. The van der Waals surface area contributed by atoms with Crippen LogP contribution in [0.1, 0.15) is 50.5 Å². The minimum Gasteiger partial charge on any atom is -0.303 e. The molecule has 1 aromatic heterocycles. The fourth-order valence-electron chi connectivity index (χ4n) is 3.58. The summed E-state index contributed by atoms with van der Waals surface area (Å²) < 4.78 is 38.5. The van der Waals surface area contributed by atoms with Crippen LogP contribution in [0.5, 0.6) is 0 Å². The van der Waals surface area contributed by atoms with Crippen molar-refractivity contribution in [2.24, 2.45) is 0 Å². The zero-order chi connectivity index (χ0) is 19.1. The molecule has 2 aromatic rings. The topological polar surface area (TPSA) is 16.1 Å². The number of piperidine rings is 1. The summed E-state index contributed by atoms with van der Waals surface area (Å²) in [5.41, 5.74) is -0.227. The number of benzene rings is 1. The molecule has 27 heavy (non-hydrogen) atoms. The van der Waals surface area contributed by atoms with Gasteiger partial charge >= 0.3 is 6.18 Å². The van der Waals surface area contributed by atoms with Crippen molar-refractivity contribution in [3.63, 3.8) is 0 Å². The van der Waals surface area contributed by atoms with E-state index in [-0.39, 0.29) is 0 Å². The highest BCUT2D eigenvalue weighted by Gasteiger charge is 2.30. The van der Waals surface area contributed by atoms with Gasteiger partial charge in [0.1, 0.15) is 0 Å². The van der Waals surface area contributed by atoms with E-state index in [1.807, 2.05) is 6.07 Å². The van der Waals surface area contributed by atoms with Gasteiger partial charge in [-0.2, -0.15) is 13.2 Å². The quantitative estimate of drug-likeness (QED) is 0.380. The summed E-state index contributed by atoms with van der Waals surface area (Å²) >= 11 is 1.72. The number of thioether (sulfide) groups is 1. The normalized spacial score (nSPS) is 16.1. The first-order valence-corrected chi connectivity index (χ1v) is 10.8. The van der Waals surface area contributed by atoms with E-state index in [0.717, 1.165) is 34.6 Å². The van der Waals surface area contributed by atoms with Gasteiger partial charge in [-0.3, -0.25) is 4.98 Å². The number of aromatic nitrogens is 1. The summed E-state index contributed by atoms with van der Waals surface area (Å²) in [5, 5.41) is 0.806. The van der Waals surface area contributed by atoms with Gasteiger partial charge in [-0.1, -0.05) is 25.3 Å². The second-order valence-electron chi connectivity index (χ2n) is 7.20. The molecular weight excluding hydrogens is 369 g/mol. The monoisotopic (exact) mass is 396 g/mol. The molecule has 2 heterocycles. The number of pyridine rings is 1. The number of rotatable bonds is 8. The first kappa shape index (κ1) is 20.5. The third-order valence-corrected chi connectivity index (χ3v) is 6.26. The zero-order valence-corrected chi connectivity index (χ0v) is 16.4. The first-order chi connectivity index (χ1) is 13.0. The molecule has 1 aliphatic rings. The van der Waals surface area contributed by atoms with E-state index in [0.29, 0.717) is 5.52 Å². The Hall–Kier alpha value is -1.27. The SMILES string of the molecule is FC(F)(F)c1ccc2c(SCCCCCCN3CCCCC3)ccnc2c1. The second kappa shape index (κ2) is 9.78. The highest BCUT2D eigenvalue weighted by atomic mass is 32.2. The Labute approximate surface area is 163 Å². The molecule has 0 atom stereocenters. The lowest BCUT2D eigenvalue weighted by atomic mass is 10.1. The number of alkyl halides is 3. The number of likely N-dealkylation sites (tertiary alicyclic amines) is 1. The van der Waals surface area contributed by atoms with Crippen LogP contribution in [0, 0.1) is 0 Å². The van der Waals surface area contributed by atoms with Crippen LogP contribution in [0.4, 0.5) is 13.2 Å². The Bertz CT molecular complexity index is 727. The molecule has 1 aliphatic heterocycles. The molecule has 0 aliphatic carbocycles. The van der Waals surface area contributed by atoms with E-state index in [1.54, 1.807) is 24.0 Å². The molecule has 6 heteroatoms. The third-order valence-electron chi connectivity index (χ3n) is 5.10. The van der Waals surface area contributed by atoms with Crippen molar-refractivity contribution in [2.75, 3.05) is 25.4 Å². The maximum absolute atomic E-state index is 12.8. The maximum Gasteiger partial charge on any atom is 0.416 e. The van der Waals surface area contributed by atoms with Crippen LogP contribution in [0.3, 0.4) is 0 Å². The summed E-state index contributed by atoms with van der Waals surface area (Å²) in [4.78, 5) is 7.71. The fourth-order valence-corrected chi connectivity index (χ4v) is 4.63. The Morgan fingerprint density at radius 1 is 0.963 bits per heavy atom. The van der Waals surface area contributed by atoms with Crippen LogP contribution in [0.25, 0.3) is 10.9 Å². The van der Waals surface area contributed by atoms with Crippen molar-refractivity contribution < 1.29 is 13.2 Å². The number of hydrogen-bond donors (Lipinski definition) is 0. The minimum absolute atomic E-state index is 0.413. The summed E-state index contributed by atoms with van der Waals surface area (Å²) in [5.74, 6) is 0.990. The van der Waals surface area contributed by atoms with E-state index < -0.39 is 11.7 Å². The molecule has 3 rings (SSSR count). The van der Waals surface area contributed by atoms with Gasteiger partial charge in [0.25, 0.3) is 0 Å². The molecule has 0 saturated carbocycles. The molecule has 1 aromatic carbocycles. The predicted octanol–water partition coefficient (Wildman–Crippen LogP) is 6.39. The largest absolute Gasteiger partial charge is 0.416 e. The van der Waals surface area contributed by atoms with Crippen molar-refractivity contribution in [1.82, 2.24) is 9.88 Å². The van der Waals surface area contributed by atoms with Crippen molar-refractivity contribution in [3.05, 3.63) is 36.0 Å². The van der Waals surface area contributed by atoms with Crippen LogP contribution >= 0.6 is 11.8 Å². The number of fused-ring (bicyclic) bond motifs is 1. The van der Waals surface area contributed by atoms with Crippen molar-refractivity contribution in [3.8, 4) is 0 Å². The lowest BCUT2D eigenvalue weighted by Gasteiger charge is -2.26. The molecule has 148 valence electrons. The van der Waals surface area contributed by atoms with Gasteiger partial charge < -0.3 is 4.90 Å². The van der Waals surface area contributed by atoms with E-state index in [2.05, 4.69) is 9.88 Å². The molecule has 1 fully saturated rings. The van der Waals surface area contributed by atoms with Crippen molar-refractivity contribution in [1.29, 1.82) is 0 Å². The Kier molecular flexibility index (Phi) is 7.41. The van der Waals surface area contributed by atoms with Crippen molar-refractivity contribution in [2.45, 2.75) is 56.0 Å². The molecule has 1 saturated heterocycles. The van der Waals surface area contributed by atoms with Crippen LogP contribution < -0.4 is 0 Å². The lowest BCUT2D eigenvalue weighted by molar-refractivity contribution is -0.137. The maximum atomic E-state index is 12.8. The summed E-state index contributed by atoms with van der Waals surface area (Å²) in [6.45, 7) is 3.76. The Morgan fingerprint density at radius 2 is 1.74 bits per heavy atom. The first-order valence-electron chi connectivity index (χ1n) is 9.85. The van der Waals surface area contributed by atoms with E-state index in [4.69, 9.17) is 0 Å². The third kappa shape index (κ3) is 6.11. The summed E-state index contributed by atoms with van der Waals surface area (Å²) in [6, 6.07) is 5.73. The van der Waals surface area contributed by atoms with Gasteiger partial charge in [0.2, 0.25) is 0 Å². The highest BCUT2D eigenvalue weighted by Crippen LogP contribution is 2.33. The van der Waals surface area contributed by atoms with Crippen LogP contribution in [0.2, 0.25) is 0 Å². The van der Waals surface area contributed by atoms with Gasteiger partial charge in [-0.15, -0.1) is 11.8 Å². The van der Waals surface area contributed by atoms with E-state index in [1.165, 1.54) is 58.2 Å². The van der Waals surface area contributed by atoms with Gasteiger partial charge in [0, 0.05) is 16.5 Å². The lowest BCUT2D eigenvalue weighted by Crippen LogP contribution is -2.30. The predicted molar refractivity (Wildman–Crippen MR) is 106 cm³/mol. The van der Waals surface area contributed by atoms with Gasteiger partial charge in [-0.25, -0.2) is 0 Å². The van der Waals surface area contributed by atoms with Crippen LogP contribution in [-0.4, -0.2) is 35.3 Å². The summed E-state index contributed by atoms with van der Waals surface area (Å²) in [7, 11) is 0. The van der Waals surface area contributed by atoms with Crippen LogP contribution in [-0.2, 0) is 6.18 Å². The van der Waals surface area contributed by atoms with Gasteiger partial charge in [0.15, 0.2) is 0 Å². The van der Waals surface area contributed by atoms with Gasteiger partial charge in [0.05, 0.1) is 11.1 Å². The number of nitrogens with zero attached hydrogens (tertiary/aromatic N) is 2.